The van der Waals surface area contributed by atoms with E-state index in [1.54, 1.807) is 29.6 Å². The van der Waals surface area contributed by atoms with Gasteiger partial charge in [0.2, 0.25) is 11.8 Å². The fraction of sp³-hybridized carbons (Fsp3) is 0.0526. The highest BCUT2D eigenvalue weighted by Crippen LogP contribution is 2.17. The van der Waals surface area contributed by atoms with Gasteiger partial charge in [-0.3, -0.25) is 14.9 Å². The van der Waals surface area contributed by atoms with Gasteiger partial charge in [0.15, 0.2) is 5.13 Å². The number of nitrogens with zero attached hydrogens (tertiary/aromatic N) is 1. The number of para-hydroxylation sites is 1. The van der Waals surface area contributed by atoms with Crippen molar-refractivity contribution in [3.05, 3.63) is 71.2 Å². The van der Waals surface area contributed by atoms with Gasteiger partial charge < -0.3 is 16.4 Å². The molecule has 0 aliphatic carbocycles. The third-order valence-corrected chi connectivity index (χ3v) is 4.41. The number of benzene rings is 2. The van der Waals surface area contributed by atoms with Crippen LogP contribution in [0.4, 0.5) is 21.3 Å². The number of carbonyl (C=O) groups excluding carboxylic acids is 3. The predicted octanol–water partition coefficient (Wildman–Crippen LogP) is 3.07. The van der Waals surface area contributed by atoms with Gasteiger partial charge in [-0.2, -0.15) is 0 Å². The molecule has 1 heterocycles. The minimum atomic E-state index is -0.531. The molecule has 0 atom stereocenters. The fourth-order valence-corrected chi connectivity index (χ4v) is 3.02. The maximum absolute atomic E-state index is 12.1. The standard InChI is InChI=1S/C19H17N5O3S/c20-17(26)12-6-8-14(9-7-12)21-16(25)10-15-11-28-19(23-15)24-18(27)22-13-4-2-1-3-5-13/h1-9,11H,10H2,(H2,20,26)(H,21,25)(H2,22,23,24,27). The van der Waals surface area contributed by atoms with E-state index in [1.165, 1.54) is 23.5 Å². The van der Waals surface area contributed by atoms with Crippen molar-refractivity contribution in [1.29, 1.82) is 0 Å². The van der Waals surface area contributed by atoms with Gasteiger partial charge in [0, 0.05) is 22.3 Å². The van der Waals surface area contributed by atoms with Crippen molar-refractivity contribution in [1.82, 2.24) is 4.98 Å². The summed E-state index contributed by atoms with van der Waals surface area (Å²) in [6, 6.07) is 14.9. The molecule has 2 aromatic carbocycles. The van der Waals surface area contributed by atoms with Crippen molar-refractivity contribution in [2.24, 2.45) is 5.73 Å². The molecule has 0 spiro atoms. The number of primary amides is 1. The molecule has 5 N–H and O–H groups in total. The van der Waals surface area contributed by atoms with E-state index in [0.29, 0.717) is 27.8 Å². The zero-order valence-corrected chi connectivity index (χ0v) is 15.5. The van der Waals surface area contributed by atoms with Crippen LogP contribution >= 0.6 is 11.3 Å². The second kappa shape index (κ2) is 8.78. The lowest BCUT2D eigenvalue weighted by Gasteiger charge is -2.05. The number of rotatable bonds is 6. The van der Waals surface area contributed by atoms with E-state index in [9.17, 15) is 14.4 Å². The summed E-state index contributed by atoms with van der Waals surface area (Å²) >= 11 is 1.23. The van der Waals surface area contributed by atoms with E-state index in [2.05, 4.69) is 20.9 Å². The largest absolute Gasteiger partial charge is 0.366 e. The second-order valence-corrected chi connectivity index (χ2v) is 6.61. The highest BCUT2D eigenvalue weighted by Gasteiger charge is 2.11. The maximum Gasteiger partial charge on any atom is 0.325 e. The number of nitrogens with one attached hydrogen (secondary N) is 3. The van der Waals surface area contributed by atoms with Crippen molar-refractivity contribution < 1.29 is 14.4 Å². The smallest absolute Gasteiger partial charge is 0.325 e. The average molecular weight is 395 g/mol. The van der Waals surface area contributed by atoms with Crippen molar-refractivity contribution in [3.8, 4) is 0 Å². The molecule has 3 rings (SSSR count). The third-order valence-electron chi connectivity index (χ3n) is 3.60. The number of amides is 4. The molecule has 1 aromatic heterocycles. The molecule has 28 heavy (non-hydrogen) atoms. The summed E-state index contributed by atoms with van der Waals surface area (Å²) in [5.74, 6) is -0.797. The first-order valence-corrected chi connectivity index (χ1v) is 9.15. The maximum atomic E-state index is 12.1. The molecular weight excluding hydrogens is 378 g/mol. The van der Waals surface area contributed by atoms with Gasteiger partial charge in [0.1, 0.15) is 0 Å². The Kier molecular flexibility index (Phi) is 5.97. The van der Waals surface area contributed by atoms with E-state index >= 15 is 0 Å². The lowest BCUT2D eigenvalue weighted by Crippen LogP contribution is -2.19. The van der Waals surface area contributed by atoms with Crippen LogP contribution in [0.25, 0.3) is 0 Å². The number of carbonyl (C=O) groups is 3. The lowest BCUT2D eigenvalue weighted by molar-refractivity contribution is -0.115. The van der Waals surface area contributed by atoms with Gasteiger partial charge >= 0.3 is 6.03 Å². The van der Waals surface area contributed by atoms with Crippen molar-refractivity contribution in [2.75, 3.05) is 16.0 Å². The summed E-state index contributed by atoms with van der Waals surface area (Å²) in [4.78, 5) is 39.4. The van der Waals surface area contributed by atoms with E-state index in [-0.39, 0.29) is 12.3 Å². The zero-order chi connectivity index (χ0) is 19.9. The molecule has 8 nitrogen and oxygen atoms in total. The van der Waals surface area contributed by atoms with Crippen LogP contribution in [0.2, 0.25) is 0 Å². The van der Waals surface area contributed by atoms with Gasteiger partial charge in [-0.05, 0) is 36.4 Å². The van der Waals surface area contributed by atoms with Crippen molar-refractivity contribution in [3.63, 3.8) is 0 Å². The van der Waals surface area contributed by atoms with Gasteiger partial charge in [-0.25, -0.2) is 9.78 Å². The van der Waals surface area contributed by atoms with E-state index in [1.807, 2.05) is 18.2 Å². The predicted molar refractivity (Wildman–Crippen MR) is 108 cm³/mol. The number of nitrogens with two attached hydrogens (primary N) is 1. The molecule has 0 saturated carbocycles. The van der Waals surface area contributed by atoms with Crippen molar-refractivity contribution in [2.45, 2.75) is 6.42 Å². The second-order valence-electron chi connectivity index (χ2n) is 5.76. The highest BCUT2D eigenvalue weighted by molar-refractivity contribution is 7.14. The topological polar surface area (TPSA) is 126 Å². The molecule has 0 unspecified atom stereocenters. The van der Waals surface area contributed by atoms with E-state index in [0.717, 1.165) is 0 Å². The van der Waals surface area contributed by atoms with Gasteiger partial charge in [0.25, 0.3) is 0 Å². The van der Waals surface area contributed by atoms with Crippen LogP contribution in [0.3, 0.4) is 0 Å². The summed E-state index contributed by atoms with van der Waals surface area (Å²) in [5, 5.41) is 10.1. The molecule has 4 amide bonds. The Balaban J connectivity index is 1.51. The summed E-state index contributed by atoms with van der Waals surface area (Å²) in [6.07, 6.45) is 0.0516. The molecule has 142 valence electrons. The highest BCUT2D eigenvalue weighted by atomic mass is 32.1. The van der Waals surface area contributed by atoms with Crippen LogP contribution in [0.15, 0.2) is 60.0 Å². The van der Waals surface area contributed by atoms with E-state index in [4.69, 9.17) is 5.73 Å². The number of hydrogen-bond donors (Lipinski definition) is 4. The Morgan fingerprint density at radius 3 is 2.25 bits per heavy atom. The molecule has 0 saturated heterocycles. The van der Waals surface area contributed by atoms with Gasteiger partial charge in [-0.15, -0.1) is 11.3 Å². The molecule has 0 fully saturated rings. The van der Waals surface area contributed by atoms with E-state index < -0.39 is 11.9 Å². The van der Waals surface area contributed by atoms with Crippen LogP contribution in [0, 0.1) is 0 Å². The number of anilines is 3. The van der Waals surface area contributed by atoms with Crippen LogP contribution in [-0.4, -0.2) is 22.8 Å². The van der Waals surface area contributed by atoms with Crippen LogP contribution in [0.5, 0.6) is 0 Å². The Morgan fingerprint density at radius 1 is 0.893 bits per heavy atom. The first kappa shape index (κ1) is 19.1. The Morgan fingerprint density at radius 2 is 1.57 bits per heavy atom. The van der Waals surface area contributed by atoms with Gasteiger partial charge in [-0.1, -0.05) is 18.2 Å². The minimum absolute atomic E-state index is 0.0516. The quantitative estimate of drug-likeness (QED) is 0.511. The van der Waals surface area contributed by atoms with Crippen molar-refractivity contribution >= 4 is 45.7 Å². The number of thiazole rings is 1. The number of aromatic nitrogens is 1. The monoisotopic (exact) mass is 395 g/mol. The van der Waals surface area contributed by atoms with Crippen LogP contribution in [0.1, 0.15) is 16.1 Å². The average Bonchev–Trinajstić information content (AvgIpc) is 3.09. The van der Waals surface area contributed by atoms with Crippen LogP contribution < -0.4 is 21.7 Å². The normalized spacial score (nSPS) is 10.1. The summed E-state index contributed by atoms with van der Waals surface area (Å²) < 4.78 is 0. The molecule has 0 radical (unpaired) electrons. The number of urea groups is 1. The number of hydrogen-bond acceptors (Lipinski definition) is 5. The summed E-state index contributed by atoms with van der Waals surface area (Å²) in [6.45, 7) is 0. The Bertz CT molecular complexity index is 986. The van der Waals surface area contributed by atoms with Gasteiger partial charge in [0.05, 0.1) is 12.1 Å². The minimum Gasteiger partial charge on any atom is -0.366 e. The lowest BCUT2D eigenvalue weighted by atomic mass is 10.2. The third kappa shape index (κ3) is 5.39. The molecule has 0 bridgehead atoms. The fourth-order valence-electron chi connectivity index (χ4n) is 2.31. The molecular formula is C19H17N5O3S. The summed E-state index contributed by atoms with van der Waals surface area (Å²) in [7, 11) is 0. The first-order chi connectivity index (χ1) is 13.5. The zero-order valence-electron chi connectivity index (χ0n) is 14.6. The SMILES string of the molecule is NC(=O)c1ccc(NC(=O)Cc2csc(NC(=O)Nc3ccccc3)n2)cc1. The molecule has 0 aliphatic rings. The Labute approximate surface area is 164 Å². The summed E-state index contributed by atoms with van der Waals surface area (Å²) in [5.41, 5.74) is 7.29. The molecule has 3 aromatic rings. The first-order valence-electron chi connectivity index (χ1n) is 8.27. The van der Waals surface area contributed by atoms with Crippen LogP contribution in [-0.2, 0) is 11.2 Å². The molecule has 0 aliphatic heterocycles. The Hall–Kier alpha value is -3.72. The molecule has 9 heteroatoms.